The van der Waals surface area contributed by atoms with E-state index >= 15 is 0 Å². The van der Waals surface area contributed by atoms with Gasteiger partial charge < -0.3 is 10.6 Å². The summed E-state index contributed by atoms with van der Waals surface area (Å²) in [5.41, 5.74) is 2.20. The fourth-order valence-corrected chi connectivity index (χ4v) is 2.85. The number of aryl methyl sites for hydroxylation is 1. The maximum Gasteiger partial charge on any atom is 0.251 e. The van der Waals surface area contributed by atoms with Crippen LogP contribution in [0.15, 0.2) is 18.2 Å². The molecular formula is C15H21IN2O. The Balaban J connectivity index is 1.95. The molecule has 0 radical (unpaired) electrons. The van der Waals surface area contributed by atoms with Crippen LogP contribution < -0.4 is 10.6 Å². The fraction of sp³-hybridized carbons (Fsp3) is 0.533. The Morgan fingerprint density at radius 2 is 2.11 bits per heavy atom. The van der Waals surface area contributed by atoms with Crippen molar-refractivity contribution in [2.75, 3.05) is 19.6 Å². The number of halogens is 1. The first-order valence-electron chi connectivity index (χ1n) is 6.75. The van der Waals surface area contributed by atoms with Gasteiger partial charge in [-0.1, -0.05) is 13.0 Å². The maximum absolute atomic E-state index is 12.2. The first kappa shape index (κ1) is 14.8. The first-order valence-corrected chi connectivity index (χ1v) is 7.83. The lowest BCUT2D eigenvalue weighted by molar-refractivity contribution is 0.0922. The van der Waals surface area contributed by atoms with Crippen molar-refractivity contribution in [3.63, 3.8) is 0 Å². The lowest BCUT2D eigenvalue weighted by Crippen LogP contribution is -2.42. The number of rotatable bonds is 3. The van der Waals surface area contributed by atoms with Crippen LogP contribution in [-0.2, 0) is 0 Å². The highest BCUT2D eigenvalue weighted by Gasteiger charge is 2.27. The van der Waals surface area contributed by atoms with Crippen LogP contribution >= 0.6 is 22.6 Å². The Morgan fingerprint density at radius 3 is 2.74 bits per heavy atom. The molecule has 0 unspecified atom stereocenters. The number of hydrogen-bond donors (Lipinski definition) is 2. The van der Waals surface area contributed by atoms with Gasteiger partial charge in [-0.15, -0.1) is 0 Å². The lowest BCUT2D eigenvalue weighted by Gasteiger charge is -2.34. The molecule has 3 nitrogen and oxygen atoms in total. The SMILES string of the molecule is Cc1ccc(C(=O)NCC2(C)CCNCC2)cc1I. The second kappa shape index (κ2) is 6.22. The van der Waals surface area contributed by atoms with Gasteiger partial charge in [0.2, 0.25) is 0 Å². The van der Waals surface area contributed by atoms with E-state index in [4.69, 9.17) is 0 Å². The van der Waals surface area contributed by atoms with Crippen molar-refractivity contribution < 1.29 is 4.79 Å². The van der Waals surface area contributed by atoms with E-state index in [1.165, 1.54) is 5.56 Å². The van der Waals surface area contributed by atoms with E-state index < -0.39 is 0 Å². The Kier molecular flexibility index (Phi) is 4.84. The highest BCUT2D eigenvalue weighted by Crippen LogP contribution is 2.26. The van der Waals surface area contributed by atoms with Gasteiger partial charge in [0.15, 0.2) is 0 Å². The number of carbonyl (C=O) groups is 1. The van der Waals surface area contributed by atoms with Crippen LogP contribution in [0.5, 0.6) is 0 Å². The van der Waals surface area contributed by atoms with Gasteiger partial charge in [0.05, 0.1) is 0 Å². The Bertz CT molecular complexity index is 467. The van der Waals surface area contributed by atoms with E-state index in [1.54, 1.807) is 0 Å². The number of nitrogens with one attached hydrogen (secondary N) is 2. The summed E-state index contributed by atoms with van der Waals surface area (Å²) in [4.78, 5) is 12.2. The molecule has 104 valence electrons. The molecule has 2 rings (SSSR count). The smallest absolute Gasteiger partial charge is 0.251 e. The van der Waals surface area contributed by atoms with Crippen molar-refractivity contribution in [3.05, 3.63) is 32.9 Å². The summed E-state index contributed by atoms with van der Waals surface area (Å²) in [6.07, 6.45) is 2.25. The summed E-state index contributed by atoms with van der Waals surface area (Å²) in [5.74, 6) is 0.0395. The fourth-order valence-electron chi connectivity index (χ4n) is 2.34. The highest BCUT2D eigenvalue weighted by atomic mass is 127. The van der Waals surface area contributed by atoms with Crippen LogP contribution in [0.3, 0.4) is 0 Å². The molecule has 1 aliphatic rings. The second-order valence-corrected chi connectivity index (χ2v) is 6.87. The molecule has 0 bridgehead atoms. The van der Waals surface area contributed by atoms with Crippen molar-refractivity contribution >= 4 is 28.5 Å². The van der Waals surface area contributed by atoms with Gasteiger partial charge in [0, 0.05) is 15.7 Å². The zero-order valence-electron chi connectivity index (χ0n) is 11.6. The monoisotopic (exact) mass is 372 g/mol. The zero-order chi connectivity index (χ0) is 13.9. The lowest BCUT2D eigenvalue weighted by atomic mass is 9.81. The molecule has 0 aliphatic carbocycles. The Labute approximate surface area is 128 Å². The minimum atomic E-state index is 0.0395. The molecule has 1 heterocycles. The van der Waals surface area contributed by atoms with E-state index in [0.717, 1.165) is 41.6 Å². The van der Waals surface area contributed by atoms with Gasteiger partial charge in [-0.05, 0) is 78.6 Å². The average molecular weight is 372 g/mol. The maximum atomic E-state index is 12.2. The van der Waals surface area contributed by atoms with Crippen LogP contribution in [0.4, 0.5) is 0 Å². The zero-order valence-corrected chi connectivity index (χ0v) is 13.7. The Hall–Kier alpha value is -0.620. The van der Waals surface area contributed by atoms with Gasteiger partial charge in [0.25, 0.3) is 5.91 Å². The molecule has 0 atom stereocenters. The standard InChI is InChI=1S/C15H21IN2O/c1-11-3-4-12(9-13(11)16)14(19)18-10-15(2)5-7-17-8-6-15/h3-4,9,17H,5-8,10H2,1-2H3,(H,18,19). The molecule has 0 spiro atoms. The predicted molar refractivity (Wildman–Crippen MR) is 86.4 cm³/mol. The van der Waals surface area contributed by atoms with E-state index in [2.05, 4.69) is 47.1 Å². The van der Waals surface area contributed by atoms with Crippen molar-refractivity contribution in [1.82, 2.24) is 10.6 Å². The summed E-state index contributed by atoms with van der Waals surface area (Å²) in [7, 11) is 0. The van der Waals surface area contributed by atoms with Gasteiger partial charge in [0.1, 0.15) is 0 Å². The number of carbonyl (C=O) groups excluding carboxylic acids is 1. The van der Waals surface area contributed by atoms with E-state index in [-0.39, 0.29) is 11.3 Å². The van der Waals surface area contributed by atoms with Crippen LogP contribution in [0.1, 0.15) is 35.7 Å². The molecule has 1 aromatic carbocycles. The quantitative estimate of drug-likeness (QED) is 0.802. The molecule has 1 fully saturated rings. The molecule has 4 heteroatoms. The first-order chi connectivity index (χ1) is 9.00. The predicted octanol–water partition coefficient (Wildman–Crippen LogP) is 2.72. The third-order valence-electron chi connectivity index (χ3n) is 3.92. The minimum absolute atomic E-state index is 0.0395. The third kappa shape index (κ3) is 3.92. The van der Waals surface area contributed by atoms with Crippen molar-refractivity contribution in [2.24, 2.45) is 5.41 Å². The molecule has 0 aromatic heterocycles. The molecule has 19 heavy (non-hydrogen) atoms. The van der Waals surface area contributed by atoms with Crippen molar-refractivity contribution in [1.29, 1.82) is 0 Å². The molecule has 1 saturated heterocycles. The summed E-state index contributed by atoms with van der Waals surface area (Å²) in [6, 6.07) is 5.86. The van der Waals surface area contributed by atoms with E-state index in [0.29, 0.717) is 0 Å². The van der Waals surface area contributed by atoms with Crippen molar-refractivity contribution in [3.8, 4) is 0 Å². The third-order valence-corrected chi connectivity index (χ3v) is 5.08. The van der Waals surface area contributed by atoms with Crippen LogP contribution in [-0.4, -0.2) is 25.5 Å². The largest absolute Gasteiger partial charge is 0.351 e. The topological polar surface area (TPSA) is 41.1 Å². The van der Waals surface area contributed by atoms with Crippen molar-refractivity contribution in [2.45, 2.75) is 26.7 Å². The summed E-state index contributed by atoms with van der Waals surface area (Å²) < 4.78 is 1.14. The van der Waals surface area contributed by atoms with E-state index in [1.807, 2.05) is 18.2 Å². The second-order valence-electron chi connectivity index (χ2n) is 5.71. The van der Waals surface area contributed by atoms with Crippen LogP contribution in [0.25, 0.3) is 0 Å². The highest BCUT2D eigenvalue weighted by molar-refractivity contribution is 14.1. The van der Waals surface area contributed by atoms with Gasteiger partial charge in [-0.2, -0.15) is 0 Å². The molecule has 1 amide bonds. The van der Waals surface area contributed by atoms with E-state index in [9.17, 15) is 4.79 Å². The minimum Gasteiger partial charge on any atom is -0.351 e. The number of amides is 1. The normalized spacial score (nSPS) is 18.1. The number of benzene rings is 1. The molecule has 2 N–H and O–H groups in total. The van der Waals surface area contributed by atoms with Gasteiger partial charge >= 0.3 is 0 Å². The summed E-state index contributed by atoms with van der Waals surface area (Å²) in [5, 5.41) is 6.45. The van der Waals surface area contributed by atoms with Gasteiger partial charge in [-0.3, -0.25) is 4.79 Å². The van der Waals surface area contributed by atoms with Crippen LogP contribution in [0.2, 0.25) is 0 Å². The molecular weight excluding hydrogens is 351 g/mol. The molecule has 1 aliphatic heterocycles. The molecule has 0 saturated carbocycles. The van der Waals surface area contributed by atoms with Gasteiger partial charge in [-0.25, -0.2) is 0 Å². The average Bonchev–Trinajstić information content (AvgIpc) is 2.40. The molecule has 1 aromatic rings. The number of hydrogen-bond acceptors (Lipinski definition) is 2. The summed E-state index contributed by atoms with van der Waals surface area (Å²) >= 11 is 2.27. The van der Waals surface area contributed by atoms with Crippen LogP contribution in [0, 0.1) is 15.9 Å². The summed E-state index contributed by atoms with van der Waals surface area (Å²) in [6.45, 7) is 7.17. The Morgan fingerprint density at radius 1 is 1.42 bits per heavy atom. The number of piperidine rings is 1.